The Hall–Kier alpha value is -2.44. The topological polar surface area (TPSA) is 95.6 Å². The van der Waals surface area contributed by atoms with Gasteiger partial charge in [-0.1, -0.05) is 30.3 Å². The summed E-state index contributed by atoms with van der Waals surface area (Å²) >= 11 is 0. The van der Waals surface area contributed by atoms with E-state index in [1.165, 1.54) is 18.2 Å². The smallest absolute Gasteiger partial charge is 0.270 e. The van der Waals surface area contributed by atoms with E-state index in [1.807, 2.05) is 30.3 Å². The Bertz CT molecular complexity index is 656. The molecule has 0 heterocycles. The highest BCUT2D eigenvalue weighted by Gasteiger charge is 2.22. The van der Waals surface area contributed by atoms with Crippen molar-refractivity contribution in [3.8, 4) is 5.75 Å². The first-order chi connectivity index (χ1) is 10.4. The molecule has 1 unspecified atom stereocenters. The highest BCUT2D eigenvalue weighted by atomic mass is 16.6. The number of hydrogen-bond donors (Lipinski definition) is 3. The minimum absolute atomic E-state index is 0.0162. The fourth-order valence-electron chi connectivity index (χ4n) is 2.17. The molecular weight excluding hydrogens is 284 g/mol. The summed E-state index contributed by atoms with van der Waals surface area (Å²) in [5.74, 6) is -0.0162. The third kappa shape index (κ3) is 3.81. The molecule has 0 radical (unpaired) electrons. The van der Waals surface area contributed by atoms with E-state index >= 15 is 0 Å². The van der Waals surface area contributed by atoms with Crippen LogP contribution in [0.3, 0.4) is 0 Å². The Balaban J connectivity index is 2.02. The molecule has 0 fully saturated rings. The first kappa shape index (κ1) is 15.9. The quantitative estimate of drug-likeness (QED) is 0.562. The highest BCUT2D eigenvalue weighted by molar-refractivity contribution is 5.42. The number of non-ortho nitro benzene ring substituents is 1. The average molecular weight is 302 g/mol. The van der Waals surface area contributed by atoms with Gasteiger partial charge in [-0.05, 0) is 18.6 Å². The second-order valence-electron chi connectivity index (χ2n) is 5.31. The van der Waals surface area contributed by atoms with Crippen LogP contribution in [0.1, 0.15) is 18.1 Å². The Morgan fingerprint density at radius 2 is 1.91 bits per heavy atom. The van der Waals surface area contributed by atoms with Crippen LogP contribution in [-0.4, -0.2) is 21.7 Å². The molecule has 0 saturated carbocycles. The Labute approximate surface area is 128 Å². The van der Waals surface area contributed by atoms with Gasteiger partial charge in [0.05, 0.1) is 10.5 Å². The second kappa shape index (κ2) is 6.55. The van der Waals surface area contributed by atoms with Crippen LogP contribution in [0.2, 0.25) is 0 Å². The van der Waals surface area contributed by atoms with Gasteiger partial charge in [-0.15, -0.1) is 0 Å². The second-order valence-corrected chi connectivity index (χ2v) is 5.31. The predicted molar refractivity (Wildman–Crippen MR) is 82.5 cm³/mol. The summed E-state index contributed by atoms with van der Waals surface area (Å²) in [5.41, 5.74) is 0.0330. The van der Waals surface area contributed by atoms with Crippen molar-refractivity contribution < 1.29 is 15.1 Å². The number of benzene rings is 2. The van der Waals surface area contributed by atoms with Crippen LogP contribution >= 0.6 is 0 Å². The van der Waals surface area contributed by atoms with Gasteiger partial charge >= 0.3 is 0 Å². The lowest BCUT2D eigenvalue weighted by atomic mass is 9.96. The van der Waals surface area contributed by atoms with Gasteiger partial charge in [-0.2, -0.15) is 0 Å². The molecule has 2 rings (SSSR count). The fourth-order valence-corrected chi connectivity index (χ4v) is 2.17. The van der Waals surface area contributed by atoms with Gasteiger partial charge in [0.25, 0.3) is 5.69 Å². The molecule has 0 spiro atoms. The first-order valence-corrected chi connectivity index (χ1v) is 6.85. The normalized spacial score (nSPS) is 13.5. The van der Waals surface area contributed by atoms with Crippen LogP contribution in [0.15, 0.2) is 48.5 Å². The number of nitro groups is 1. The maximum absolute atomic E-state index is 10.7. The number of nitrogens with one attached hydrogen (secondary N) is 1. The van der Waals surface area contributed by atoms with Crippen molar-refractivity contribution in [3.05, 3.63) is 69.8 Å². The van der Waals surface area contributed by atoms with Gasteiger partial charge < -0.3 is 15.5 Å². The van der Waals surface area contributed by atoms with Crippen LogP contribution in [0.5, 0.6) is 5.75 Å². The van der Waals surface area contributed by atoms with Gasteiger partial charge in [-0.3, -0.25) is 10.1 Å². The van der Waals surface area contributed by atoms with Gasteiger partial charge in [-0.25, -0.2) is 0 Å². The van der Waals surface area contributed by atoms with Crippen molar-refractivity contribution in [2.45, 2.75) is 19.1 Å². The van der Waals surface area contributed by atoms with E-state index in [2.05, 4.69) is 5.32 Å². The SMILES string of the molecule is CC(O)(CNCc1cc([N+](=O)[O-])ccc1O)c1ccccc1. The molecule has 0 saturated heterocycles. The summed E-state index contributed by atoms with van der Waals surface area (Å²) in [6.45, 7) is 2.15. The monoisotopic (exact) mass is 302 g/mol. The molecule has 0 aliphatic rings. The summed E-state index contributed by atoms with van der Waals surface area (Å²) in [5, 5.41) is 33.9. The minimum Gasteiger partial charge on any atom is -0.508 e. The molecule has 3 N–H and O–H groups in total. The third-order valence-corrected chi connectivity index (χ3v) is 3.45. The number of hydrogen-bond acceptors (Lipinski definition) is 5. The van der Waals surface area contributed by atoms with Crippen molar-refractivity contribution in [3.63, 3.8) is 0 Å². The van der Waals surface area contributed by atoms with E-state index in [9.17, 15) is 20.3 Å². The maximum atomic E-state index is 10.7. The molecule has 6 nitrogen and oxygen atoms in total. The lowest BCUT2D eigenvalue weighted by Gasteiger charge is -2.24. The fraction of sp³-hybridized carbons (Fsp3) is 0.250. The number of nitro benzene ring substituents is 1. The molecule has 22 heavy (non-hydrogen) atoms. The number of rotatable bonds is 6. The van der Waals surface area contributed by atoms with E-state index in [1.54, 1.807) is 6.92 Å². The summed E-state index contributed by atoms with van der Waals surface area (Å²) in [4.78, 5) is 10.2. The molecule has 1 atom stereocenters. The van der Waals surface area contributed by atoms with Crippen LogP contribution in [0.4, 0.5) is 5.69 Å². The summed E-state index contributed by atoms with van der Waals surface area (Å²) in [6.07, 6.45) is 0. The largest absolute Gasteiger partial charge is 0.508 e. The van der Waals surface area contributed by atoms with Crippen LogP contribution in [-0.2, 0) is 12.1 Å². The molecule has 0 aliphatic carbocycles. The van der Waals surface area contributed by atoms with Crippen LogP contribution in [0.25, 0.3) is 0 Å². The minimum atomic E-state index is -1.07. The lowest BCUT2D eigenvalue weighted by Crippen LogP contribution is -2.35. The van der Waals surface area contributed by atoms with Crippen LogP contribution < -0.4 is 5.32 Å². The van der Waals surface area contributed by atoms with Gasteiger partial charge in [0.1, 0.15) is 5.75 Å². The molecule has 116 valence electrons. The molecule has 0 aliphatic heterocycles. The zero-order valence-corrected chi connectivity index (χ0v) is 12.2. The molecule has 2 aromatic rings. The van der Waals surface area contributed by atoms with Crippen molar-refractivity contribution in [1.29, 1.82) is 0 Å². The van der Waals surface area contributed by atoms with E-state index in [-0.39, 0.29) is 24.5 Å². The number of phenolic OH excluding ortho intramolecular Hbond substituents is 1. The molecule has 0 bridgehead atoms. The summed E-state index contributed by atoms with van der Waals surface area (Å²) in [7, 11) is 0. The Morgan fingerprint density at radius 1 is 1.23 bits per heavy atom. The predicted octanol–water partition coefficient (Wildman–Crippen LogP) is 2.30. The zero-order chi connectivity index (χ0) is 16.2. The van der Waals surface area contributed by atoms with Crippen molar-refractivity contribution in [1.82, 2.24) is 5.32 Å². The van der Waals surface area contributed by atoms with E-state index in [4.69, 9.17) is 0 Å². The number of aromatic hydroxyl groups is 1. The molecule has 6 heteroatoms. The van der Waals surface area contributed by atoms with Crippen molar-refractivity contribution in [2.24, 2.45) is 0 Å². The average Bonchev–Trinajstić information content (AvgIpc) is 2.49. The van der Waals surface area contributed by atoms with E-state index in [0.717, 1.165) is 5.56 Å². The lowest BCUT2D eigenvalue weighted by molar-refractivity contribution is -0.384. The molecular formula is C16H18N2O4. The highest BCUT2D eigenvalue weighted by Crippen LogP contribution is 2.23. The van der Waals surface area contributed by atoms with Crippen molar-refractivity contribution in [2.75, 3.05) is 6.54 Å². The van der Waals surface area contributed by atoms with Gasteiger partial charge in [0.15, 0.2) is 0 Å². The number of nitrogens with zero attached hydrogens (tertiary/aromatic N) is 1. The number of phenols is 1. The molecule has 2 aromatic carbocycles. The van der Waals surface area contributed by atoms with E-state index in [0.29, 0.717) is 5.56 Å². The Kier molecular flexibility index (Phi) is 4.75. The standard InChI is InChI=1S/C16H18N2O4/c1-16(20,13-5-3-2-4-6-13)11-17-10-12-9-14(18(21)22)7-8-15(12)19/h2-9,17,19-20H,10-11H2,1H3. The summed E-state index contributed by atoms with van der Waals surface area (Å²) < 4.78 is 0. The van der Waals surface area contributed by atoms with Gasteiger partial charge in [0.2, 0.25) is 0 Å². The summed E-state index contributed by atoms with van der Waals surface area (Å²) in [6, 6.07) is 13.1. The molecule has 0 amide bonds. The zero-order valence-electron chi connectivity index (χ0n) is 12.2. The first-order valence-electron chi connectivity index (χ1n) is 6.85. The van der Waals surface area contributed by atoms with Gasteiger partial charge in [0, 0.05) is 30.8 Å². The van der Waals surface area contributed by atoms with Crippen molar-refractivity contribution >= 4 is 5.69 Å². The number of aliphatic hydroxyl groups is 1. The third-order valence-electron chi connectivity index (χ3n) is 3.45. The van der Waals surface area contributed by atoms with Crippen LogP contribution in [0, 0.1) is 10.1 Å². The Morgan fingerprint density at radius 3 is 2.55 bits per heavy atom. The maximum Gasteiger partial charge on any atom is 0.270 e. The molecule has 0 aromatic heterocycles. The van der Waals surface area contributed by atoms with E-state index < -0.39 is 10.5 Å².